The number of nitrogens with zero attached hydrogens (tertiary/aromatic N) is 2. The lowest BCUT2D eigenvalue weighted by atomic mass is 10.2. The molecule has 5 nitrogen and oxygen atoms in total. The van der Waals surface area contributed by atoms with Crippen molar-refractivity contribution in [2.24, 2.45) is 0 Å². The lowest BCUT2D eigenvalue weighted by Gasteiger charge is -2.06. The van der Waals surface area contributed by atoms with E-state index >= 15 is 0 Å². The third-order valence-corrected chi connectivity index (χ3v) is 2.73. The second kappa shape index (κ2) is 7.89. The monoisotopic (exact) mass is 271 g/mol. The van der Waals surface area contributed by atoms with E-state index in [0.29, 0.717) is 13.2 Å². The molecular weight excluding hydrogens is 254 g/mol. The SMILES string of the molecule is O=C(NCc1ccccc1)OCCCc1ccncn1. The van der Waals surface area contributed by atoms with Gasteiger partial charge in [-0.1, -0.05) is 30.3 Å². The van der Waals surface area contributed by atoms with Crippen LogP contribution in [-0.2, 0) is 17.7 Å². The number of amides is 1. The summed E-state index contributed by atoms with van der Waals surface area (Å²) >= 11 is 0. The number of hydrogen-bond donors (Lipinski definition) is 1. The van der Waals surface area contributed by atoms with E-state index in [4.69, 9.17) is 4.74 Å². The minimum atomic E-state index is -0.392. The van der Waals surface area contributed by atoms with Gasteiger partial charge in [-0.2, -0.15) is 0 Å². The molecule has 0 bridgehead atoms. The molecule has 0 radical (unpaired) electrons. The molecule has 1 aromatic heterocycles. The number of carbonyl (C=O) groups excluding carboxylic acids is 1. The normalized spacial score (nSPS) is 10.0. The van der Waals surface area contributed by atoms with Gasteiger partial charge in [0.1, 0.15) is 6.33 Å². The summed E-state index contributed by atoms with van der Waals surface area (Å²) in [6.07, 6.45) is 4.35. The van der Waals surface area contributed by atoms with E-state index in [1.54, 1.807) is 6.20 Å². The van der Waals surface area contributed by atoms with E-state index in [1.165, 1.54) is 6.33 Å². The van der Waals surface area contributed by atoms with Crippen molar-refractivity contribution in [1.29, 1.82) is 0 Å². The van der Waals surface area contributed by atoms with Gasteiger partial charge in [0.25, 0.3) is 0 Å². The topological polar surface area (TPSA) is 64.1 Å². The second-order valence-electron chi connectivity index (χ2n) is 4.28. The Bertz CT molecular complexity index is 517. The molecule has 0 aliphatic rings. The van der Waals surface area contributed by atoms with Crippen molar-refractivity contribution in [3.8, 4) is 0 Å². The second-order valence-corrected chi connectivity index (χ2v) is 4.28. The molecule has 0 saturated heterocycles. The number of hydrogen-bond acceptors (Lipinski definition) is 4. The van der Waals surface area contributed by atoms with Crippen LogP contribution in [0.4, 0.5) is 4.79 Å². The van der Waals surface area contributed by atoms with Gasteiger partial charge in [0.15, 0.2) is 0 Å². The average Bonchev–Trinajstić information content (AvgIpc) is 2.52. The lowest BCUT2D eigenvalue weighted by Crippen LogP contribution is -2.24. The standard InChI is InChI=1S/C15H17N3O2/c19-15(17-11-13-5-2-1-3-6-13)20-10-4-7-14-8-9-16-12-18-14/h1-3,5-6,8-9,12H,4,7,10-11H2,(H,17,19). The van der Waals surface area contributed by atoms with Crippen molar-refractivity contribution in [1.82, 2.24) is 15.3 Å². The van der Waals surface area contributed by atoms with Gasteiger partial charge >= 0.3 is 6.09 Å². The van der Waals surface area contributed by atoms with Gasteiger partial charge in [0.2, 0.25) is 0 Å². The van der Waals surface area contributed by atoms with E-state index in [2.05, 4.69) is 15.3 Å². The van der Waals surface area contributed by atoms with Gasteiger partial charge in [-0.05, 0) is 24.5 Å². The van der Waals surface area contributed by atoms with Crippen molar-refractivity contribution in [3.05, 3.63) is 60.2 Å². The number of ether oxygens (including phenoxy) is 1. The molecule has 0 saturated carbocycles. The molecule has 0 aliphatic heterocycles. The summed E-state index contributed by atoms with van der Waals surface area (Å²) in [5, 5.41) is 2.71. The van der Waals surface area contributed by atoms with Gasteiger partial charge in [-0.15, -0.1) is 0 Å². The Balaban J connectivity index is 1.59. The van der Waals surface area contributed by atoms with Crippen LogP contribution in [0.3, 0.4) is 0 Å². The minimum absolute atomic E-state index is 0.380. The van der Waals surface area contributed by atoms with Crippen LogP contribution in [-0.4, -0.2) is 22.7 Å². The Morgan fingerprint density at radius 3 is 2.80 bits per heavy atom. The van der Waals surface area contributed by atoms with Crippen LogP contribution in [0.1, 0.15) is 17.7 Å². The fourth-order valence-corrected chi connectivity index (χ4v) is 1.71. The van der Waals surface area contributed by atoms with Gasteiger partial charge in [-0.3, -0.25) is 0 Å². The number of aromatic nitrogens is 2. The van der Waals surface area contributed by atoms with E-state index in [9.17, 15) is 4.79 Å². The molecule has 0 aliphatic carbocycles. The molecule has 1 amide bonds. The average molecular weight is 271 g/mol. The quantitative estimate of drug-likeness (QED) is 0.819. The van der Waals surface area contributed by atoms with E-state index in [0.717, 1.165) is 24.1 Å². The van der Waals surface area contributed by atoms with Crippen molar-refractivity contribution in [2.45, 2.75) is 19.4 Å². The Morgan fingerprint density at radius 1 is 1.20 bits per heavy atom. The van der Waals surface area contributed by atoms with Crippen LogP contribution in [0.5, 0.6) is 0 Å². The van der Waals surface area contributed by atoms with Gasteiger partial charge < -0.3 is 10.1 Å². The molecule has 0 fully saturated rings. The van der Waals surface area contributed by atoms with Crippen molar-refractivity contribution in [3.63, 3.8) is 0 Å². The number of carbonyl (C=O) groups is 1. The van der Waals surface area contributed by atoms with Crippen molar-refractivity contribution < 1.29 is 9.53 Å². The molecule has 2 rings (SSSR count). The Morgan fingerprint density at radius 2 is 2.05 bits per heavy atom. The summed E-state index contributed by atoms with van der Waals surface area (Å²) in [5.41, 5.74) is 2.00. The summed E-state index contributed by atoms with van der Waals surface area (Å²) in [4.78, 5) is 19.4. The zero-order chi connectivity index (χ0) is 14.0. The molecule has 1 N–H and O–H groups in total. The molecule has 104 valence electrons. The maximum absolute atomic E-state index is 11.5. The number of nitrogens with one attached hydrogen (secondary N) is 1. The third kappa shape index (κ3) is 5.06. The molecule has 0 atom stereocenters. The number of rotatable bonds is 6. The van der Waals surface area contributed by atoms with E-state index in [1.807, 2.05) is 36.4 Å². The van der Waals surface area contributed by atoms with Crippen LogP contribution >= 0.6 is 0 Å². The van der Waals surface area contributed by atoms with Crippen LogP contribution < -0.4 is 5.32 Å². The zero-order valence-electron chi connectivity index (χ0n) is 11.2. The molecule has 20 heavy (non-hydrogen) atoms. The first kappa shape index (κ1) is 14.0. The predicted octanol–water partition coefficient (Wildman–Crippen LogP) is 2.34. The van der Waals surface area contributed by atoms with Gasteiger partial charge in [0.05, 0.1) is 6.61 Å². The summed E-state index contributed by atoms with van der Waals surface area (Å²) in [6, 6.07) is 11.6. The summed E-state index contributed by atoms with van der Waals surface area (Å²) in [7, 11) is 0. The largest absolute Gasteiger partial charge is 0.450 e. The number of alkyl carbamates (subject to hydrolysis) is 1. The van der Waals surface area contributed by atoms with E-state index in [-0.39, 0.29) is 0 Å². The van der Waals surface area contributed by atoms with Crippen LogP contribution in [0.15, 0.2) is 48.9 Å². The number of benzene rings is 1. The van der Waals surface area contributed by atoms with Gasteiger partial charge in [0, 0.05) is 18.4 Å². The predicted molar refractivity (Wildman–Crippen MR) is 75.0 cm³/mol. The van der Waals surface area contributed by atoms with Crippen molar-refractivity contribution >= 4 is 6.09 Å². The first-order valence-electron chi connectivity index (χ1n) is 6.54. The highest BCUT2D eigenvalue weighted by Gasteiger charge is 2.02. The highest BCUT2D eigenvalue weighted by molar-refractivity contribution is 5.67. The Hall–Kier alpha value is -2.43. The summed E-state index contributed by atoms with van der Waals surface area (Å²) < 4.78 is 5.09. The highest BCUT2D eigenvalue weighted by Crippen LogP contribution is 1.99. The molecule has 0 spiro atoms. The van der Waals surface area contributed by atoms with E-state index < -0.39 is 6.09 Å². The van der Waals surface area contributed by atoms with Crippen LogP contribution in [0, 0.1) is 0 Å². The first-order valence-corrected chi connectivity index (χ1v) is 6.54. The molecule has 5 heteroatoms. The van der Waals surface area contributed by atoms with Crippen LogP contribution in [0.2, 0.25) is 0 Å². The summed E-state index contributed by atoms with van der Waals surface area (Å²) in [5.74, 6) is 0. The first-order chi connectivity index (χ1) is 9.84. The summed E-state index contributed by atoms with van der Waals surface area (Å²) in [6.45, 7) is 0.857. The molecular formula is C15H17N3O2. The molecule has 1 heterocycles. The third-order valence-electron chi connectivity index (χ3n) is 2.73. The number of aryl methyl sites for hydroxylation is 1. The molecule has 0 unspecified atom stereocenters. The zero-order valence-corrected chi connectivity index (χ0v) is 11.2. The van der Waals surface area contributed by atoms with Crippen LogP contribution in [0.25, 0.3) is 0 Å². The Kier molecular flexibility index (Phi) is 5.52. The maximum Gasteiger partial charge on any atom is 0.407 e. The minimum Gasteiger partial charge on any atom is -0.450 e. The van der Waals surface area contributed by atoms with Crippen molar-refractivity contribution in [2.75, 3.05) is 6.61 Å². The molecule has 1 aromatic carbocycles. The maximum atomic E-state index is 11.5. The smallest absolute Gasteiger partial charge is 0.407 e. The van der Waals surface area contributed by atoms with Gasteiger partial charge in [-0.25, -0.2) is 14.8 Å². The lowest BCUT2D eigenvalue weighted by molar-refractivity contribution is 0.144. The Labute approximate surface area is 118 Å². The highest BCUT2D eigenvalue weighted by atomic mass is 16.5. The fraction of sp³-hybridized carbons (Fsp3) is 0.267. The fourth-order valence-electron chi connectivity index (χ4n) is 1.71. The molecule has 2 aromatic rings.